The lowest BCUT2D eigenvalue weighted by atomic mass is 9.57. The van der Waals surface area contributed by atoms with Gasteiger partial charge < -0.3 is 10.1 Å². The Hall–Kier alpha value is -1.81. The number of nitrogens with one attached hydrogen (secondary N) is 1. The number of hydrogen-bond acceptors (Lipinski definition) is 4. The van der Waals surface area contributed by atoms with Crippen molar-refractivity contribution >= 4 is 11.7 Å². The number of fused-ring (bicyclic) bond motifs is 2. The van der Waals surface area contributed by atoms with E-state index in [0.29, 0.717) is 17.9 Å². The van der Waals surface area contributed by atoms with E-state index >= 15 is 0 Å². The number of rotatable bonds is 2. The average Bonchev–Trinajstić information content (AvgIpc) is 3.17. The van der Waals surface area contributed by atoms with Gasteiger partial charge in [0.2, 0.25) is 0 Å². The number of para-hydroxylation sites is 1. The number of piperidine rings is 1. The summed E-state index contributed by atoms with van der Waals surface area (Å²) in [5, 5.41) is 3.65. The first kappa shape index (κ1) is 14.5. The van der Waals surface area contributed by atoms with Crippen molar-refractivity contribution in [3.8, 4) is 0 Å². The van der Waals surface area contributed by atoms with Crippen LogP contribution in [0.15, 0.2) is 35.5 Å². The summed E-state index contributed by atoms with van der Waals surface area (Å²) in [6.07, 6.45) is 3.28. The molecule has 4 atom stereocenters. The smallest absolute Gasteiger partial charge is 0.335 e. The Morgan fingerprint density at radius 3 is 3.00 bits per heavy atom. The Balaban J connectivity index is 1.83. The van der Waals surface area contributed by atoms with E-state index in [4.69, 9.17) is 4.74 Å². The Bertz CT molecular complexity index is 756. The van der Waals surface area contributed by atoms with Gasteiger partial charge in [-0.15, -0.1) is 0 Å². The van der Waals surface area contributed by atoms with Crippen molar-refractivity contribution in [2.24, 2.45) is 11.8 Å². The second kappa shape index (κ2) is 4.85. The van der Waals surface area contributed by atoms with Crippen molar-refractivity contribution in [3.05, 3.63) is 41.1 Å². The van der Waals surface area contributed by atoms with E-state index in [1.807, 2.05) is 0 Å². The highest BCUT2D eigenvalue weighted by atomic mass is 16.5. The van der Waals surface area contributed by atoms with Crippen LogP contribution < -0.4 is 5.32 Å². The third kappa shape index (κ3) is 1.51. The molecular weight excluding hydrogens is 300 g/mol. The van der Waals surface area contributed by atoms with Crippen molar-refractivity contribution in [2.45, 2.75) is 37.6 Å². The fourth-order valence-electron chi connectivity index (χ4n) is 6.20. The zero-order valence-corrected chi connectivity index (χ0v) is 14.3. The molecular formula is C20H24N2O2. The number of carbonyl (C=O) groups is 1. The maximum Gasteiger partial charge on any atom is 0.335 e. The zero-order chi connectivity index (χ0) is 16.5. The molecule has 1 N–H and O–H groups in total. The van der Waals surface area contributed by atoms with Gasteiger partial charge in [-0.3, -0.25) is 4.90 Å². The van der Waals surface area contributed by atoms with Crippen LogP contribution in [0.5, 0.6) is 0 Å². The summed E-state index contributed by atoms with van der Waals surface area (Å²) >= 11 is 0. The van der Waals surface area contributed by atoms with Crippen LogP contribution >= 0.6 is 0 Å². The molecule has 2 fully saturated rings. The average molecular weight is 324 g/mol. The van der Waals surface area contributed by atoms with E-state index in [1.165, 1.54) is 18.4 Å². The maximum atomic E-state index is 12.8. The van der Waals surface area contributed by atoms with Gasteiger partial charge in [0.15, 0.2) is 0 Å². The number of hydrogen-bond donors (Lipinski definition) is 1. The van der Waals surface area contributed by atoms with Gasteiger partial charge in [0.1, 0.15) is 0 Å². The van der Waals surface area contributed by atoms with Crippen molar-refractivity contribution in [3.63, 3.8) is 0 Å². The van der Waals surface area contributed by atoms with Gasteiger partial charge in [-0.2, -0.15) is 0 Å². The van der Waals surface area contributed by atoms with Crippen LogP contribution in [0.3, 0.4) is 0 Å². The second-order valence-corrected chi connectivity index (χ2v) is 7.62. The van der Waals surface area contributed by atoms with E-state index in [-0.39, 0.29) is 11.4 Å². The molecule has 3 heterocycles. The summed E-state index contributed by atoms with van der Waals surface area (Å²) < 4.78 is 5.23. The van der Waals surface area contributed by atoms with E-state index in [9.17, 15) is 4.79 Å². The summed E-state index contributed by atoms with van der Waals surface area (Å²) in [7, 11) is 1.52. The number of ether oxygens (including phenoxy) is 1. The molecule has 4 heteroatoms. The number of nitrogens with zero attached hydrogens (tertiary/aromatic N) is 1. The monoisotopic (exact) mass is 324 g/mol. The molecule has 0 saturated carbocycles. The van der Waals surface area contributed by atoms with E-state index in [1.54, 1.807) is 0 Å². The molecule has 0 aromatic heterocycles. The summed E-state index contributed by atoms with van der Waals surface area (Å²) in [5.74, 6) is 0.728. The van der Waals surface area contributed by atoms with Crippen LogP contribution in [0.2, 0.25) is 0 Å². The topological polar surface area (TPSA) is 41.6 Å². The third-order valence-electron chi connectivity index (χ3n) is 6.97. The highest BCUT2D eigenvalue weighted by Gasteiger charge is 2.64. The lowest BCUT2D eigenvalue weighted by Gasteiger charge is -2.52. The predicted molar refractivity (Wildman–Crippen MR) is 92.7 cm³/mol. The standard InChI is InChI=1S/C20H24N2O2/c1-3-12-13-8-10-22-11-9-20(18(12)22)14-6-4-5-7-15(14)21-17(20)16(13)19(23)24-2/h4-7,12-13,18,21H,3,8-11H2,1-2H3/t12-,13-,18?,20+/m0/s1. The van der Waals surface area contributed by atoms with Crippen LogP contribution in [0.1, 0.15) is 31.7 Å². The van der Waals surface area contributed by atoms with E-state index in [2.05, 4.69) is 41.4 Å². The molecule has 4 nitrogen and oxygen atoms in total. The molecule has 2 saturated heterocycles. The van der Waals surface area contributed by atoms with Gasteiger partial charge in [0, 0.05) is 17.4 Å². The van der Waals surface area contributed by atoms with Gasteiger partial charge in [0.05, 0.1) is 18.1 Å². The molecule has 0 radical (unpaired) electrons. The first-order chi connectivity index (χ1) is 11.7. The van der Waals surface area contributed by atoms with Gasteiger partial charge in [-0.05, 0) is 49.4 Å². The van der Waals surface area contributed by atoms with E-state index in [0.717, 1.165) is 43.6 Å². The molecule has 1 unspecified atom stereocenters. The maximum absolute atomic E-state index is 12.8. The third-order valence-corrected chi connectivity index (χ3v) is 6.97. The molecule has 0 amide bonds. The van der Waals surface area contributed by atoms with Crippen molar-refractivity contribution in [1.29, 1.82) is 0 Å². The number of benzene rings is 1. The molecule has 1 aliphatic carbocycles. The van der Waals surface area contributed by atoms with E-state index < -0.39 is 0 Å². The van der Waals surface area contributed by atoms with Crippen LogP contribution in [-0.2, 0) is 14.9 Å². The normalized spacial score (nSPS) is 36.2. The van der Waals surface area contributed by atoms with Crippen LogP contribution in [0.25, 0.3) is 0 Å². The predicted octanol–water partition coefficient (Wildman–Crippen LogP) is 2.91. The minimum Gasteiger partial charge on any atom is -0.466 e. The van der Waals surface area contributed by atoms with Crippen LogP contribution in [0, 0.1) is 11.8 Å². The zero-order valence-electron chi connectivity index (χ0n) is 14.3. The minimum atomic E-state index is -0.132. The fourth-order valence-corrected chi connectivity index (χ4v) is 6.20. The minimum absolute atomic E-state index is 0.0439. The Labute approximate surface area is 142 Å². The fraction of sp³-hybridized carbons (Fsp3) is 0.550. The van der Waals surface area contributed by atoms with Crippen molar-refractivity contribution < 1.29 is 9.53 Å². The molecule has 126 valence electrons. The van der Waals surface area contributed by atoms with Crippen LogP contribution in [0.4, 0.5) is 5.69 Å². The number of carbonyl (C=O) groups excluding carboxylic acids is 1. The highest BCUT2D eigenvalue weighted by Crippen LogP contribution is 2.62. The lowest BCUT2D eigenvalue weighted by Crippen LogP contribution is -2.58. The Morgan fingerprint density at radius 2 is 2.21 bits per heavy atom. The Kier molecular flexibility index (Phi) is 2.94. The molecule has 1 aromatic carbocycles. The molecule has 5 rings (SSSR count). The summed E-state index contributed by atoms with van der Waals surface area (Å²) in [6.45, 7) is 4.51. The first-order valence-corrected chi connectivity index (χ1v) is 9.16. The van der Waals surface area contributed by atoms with Gasteiger partial charge in [0.25, 0.3) is 0 Å². The second-order valence-electron chi connectivity index (χ2n) is 7.62. The molecule has 4 aliphatic rings. The van der Waals surface area contributed by atoms with Gasteiger partial charge in [-0.1, -0.05) is 31.5 Å². The van der Waals surface area contributed by atoms with Gasteiger partial charge in [-0.25, -0.2) is 4.79 Å². The SMILES string of the molecule is CC[C@@H]1C2N3CC[C@@H]1C(C(=O)OC)=C1Nc4ccccc4[C@]12CC3. The quantitative estimate of drug-likeness (QED) is 0.850. The molecule has 1 spiro atoms. The molecule has 2 bridgehead atoms. The van der Waals surface area contributed by atoms with Gasteiger partial charge >= 0.3 is 5.97 Å². The number of methoxy groups -OCH3 is 1. The molecule has 24 heavy (non-hydrogen) atoms. The number of anilines is 1. The molecule has 3 aliphatic heterocycles. The van der Waals surface area contributed by atoms with Crippen LogP contribution in [-0.4, -0.2) is 37.1 Å². The lowest BCUT2D eigenvalue weighted by molar-refractivity contribution is -0.138. The Morgan fingerprint density at radius 1 is 1.38 bits per heavy atom. The van der Waals surface area contributed by atoms with Crippen molar-refractivity contribution in [2.75, 3.05) is 25.5 Å². The summed E-state index contributed by atoms with van der Waals surface area (Å²) in [6, 6.07) is 9.14. The molecule has 1 aromatic rings. The summed E-state index contributed by atoms with van der Waals surface area (Å²) in [5.41, 5.74) is 4.60. The largest absolute Gasteiger partial charge is 0.466 e. The number of esters is 1. The highest BCUT2D eigenvalue weighted by molar-refractivity contribution is 5.93. The van der Waals surface area contributed by atoms with Crippen molar-refractivity contribution in [1.82, 2.24) is 4.90 Å². The first-order valence-electron chi connectivity index (χ1n) is 9.16. The summed E-state index contributed by atoms with van der Waals surface area (Å²) in [4.78, 5) is 15.4.